The predicted octanol–water partition coefficient (Wildman–Crippen LogP) is 3.85. The summed E-state index contributed by atoms with van der Waals surface area (Å²) in [5, 5.41) is 2.77. The van der Waals surface area contributed by atoms with Crippen LogP contribution in [0.4, 0.5) is 10.1 Å². The molecule has 0 fully saturated rings. The third-order valence-corrected chi connectivity index (χ3v) is 5.38. The second-order valence-electron chi connectivity index (χ2n) is 7.06. The quantitative estimate of drug-likeness (QED) is 0.773. The number of hydrogen-bond donors (Lipinski definition) is 1. The molecule has 2 aliphatic rings. The van der Waals surface area contributed by atoms with Crippen molar-refractivity contribution < 1.29 is 13.9 Å². The Morgan fingerprint density at radius 2 is 2.00 bits per heavy atom. The van der Waals surface area contributed by atoms with E-state index >= 15 is 0 Å². The summed E-state index contributed by atoms with van der Waals surface area (Å²) >= 11 is 0. The van der Waals surface area contributed by atoms with Gasteiger partial charge in [0.15, 0.2) is 0 Å². The molecule has 0 saturated carbocycles. The van der Waals surface area contributed by atoms with Crippen molar-refractivity contribution in [3.8, 4) is 0 Å². The highest BCUT2D eigenvalue weighted by molar-refractivity contribution is 6.36. The van der Waals surface area contributed by atoms with Crippen molar-refractivity contribution >= 4 is 22.9 Å². The maximum absolute atomic E-state index is 13.7. The van der Waals surface area contributed by atoms with Crippen LogP contribution >= 0.6 is 0 Å². The van der Waals surface area contributed by atoms with E-state index in [1.54, 1.807) is 6.07 Å². The lowest BCUT2D eigenvalue weighted by molar-refractivity contribution is -0.110. The van der Waals surface area contributed by atoms with E-state index in [4.69, 9.17) is 9.72 Å². The van der Waals surface area contributed by atoms with E-state index in [0.717, 1.165) is 49.4 Å². The van der Waals surface area contributed by atoms with Gasteiger partial charge < -0.3 is 15.0 Å². The van der Waals surface area contributed by atoms with Crippen LogP contribution in [-0.4, -0.2) is 35.4 Å². The summed E-state index contributed by atoms with van der Waals surface area (Å²) in [5.74, 6) is -0.168. The molecular weight excluding hydrogens is 357 g/mol. The lowest BCUT2D eigenvalue weighted by Crippen LogP contribution is -2.24. The van der Waals surface area contributed by atoms with E-state index < -0.39 is 0 Å². The number of fused-ring (bicyclic) bond motifs is 2. The standard InChI is InChI=1S/C22H24FN3O2/c1-3-26(4-2)11-5-6-15-8-9-16-19(24-15)13-28-21(16)20-17-12-14(23)7-10-18(17)25-22(20)27/h7-10,12H,3-6,11,13H2,1-2H3,(H,25,27)/b21-20-. The number of nitrogens with one attached hydrogen (secondary N) is 1. The summed E-state index contributed by atoms with van der Waals surface area (Å²) < 4.78 is 19.5. The molecule has 5 nitrogen and oxygen atoms in total. The first kappa shape index (κ1) is 18.6. The van der Waals surface area contributed by atoms with Gasteiger partial charge in [-0.25, -0.2) is 4.39 Å². The molecule has 4 rings (SSSR count). The van der Waals surface area contributed by atoms with Crippen LogP contribution in [0, 0.1) is 5.82 Å². The van der Waals surface area contributed by atoms with Gasteiger partial charge in [-0.05, 0) is 62.8 Å². The van der Waals surface area contributed by atoms with Gasteiger partial charge >= 0.3 is 0 Å². The summed E-state index contributed by atoms with van der Waals surface area (Å²) in [6, 6.07) is 8.24. The molecule has 2 aromatic rings. The lowest BCUT2D eigenvalue weighted by atomic mass is 10.0. The van der Waals surface area contributed by atoms with Crippen LogP contribution in [0.25, 0.3) is 11.3 Å². The zero-order chi connectivity index (χ0) is 19.7. The molecule has 2 aliphatic heterocycles. The average molecular weight is 381 g/mol. The molecular formula is C22H24FN3O2. The highest BCUT2D eigenvalue weighted by Gasteiger charge is 2.33. The number of nitrogens with zero attached hydrogens (tertiary/aromatic N) is 2. The molecule has 146 valence electrons. The number of halogens is 1. The number of rotatable bonds is 6. The molecule has 0 aliphatic carbocycles. The molecule has 6 heteroatoms. The Bertz CT molecular complexity index is 951. The van der Waals surface area contributed by atoms with E-state index in [0.29, 0.717) is 29.2 Å². The number of benzene rings is 1. The summed E-state index contributed by atoms with van der Waals surface area (Å²) in [7, 11) is 0. The molecule has 0 atom stereocenters. The van der Waals surface area contributed by atoms with Gasteiger partial charge in [-0.15, -0.1) is 0 Å². The Balaban J connectivity index is 1.59. The largest absolute Gasteiger partial charge is 0.486 e. The summed E-state index contributed by atoms with van der Waals surface area (Å²) in [6.45, 7) is 7.85. The van der Waals surface area contributed by atoms with Crippen LogP contribution < -0.4 is 5.32 Å². The zero-order valence-electron chi connectivity index (χ0n) is 16.2. The number of amides is 1. The lowest BCUT2D eigenvalue weighted by Gasteiger charge is -2.17. The molecule has 0 unspecified atom stereocenters. The van der Waals surface area contributed by atoms with Crippen molar-refractivity contribution in [1.29, 1.82) is 0 Å². The topological polar surface area (TPSA) is 54.5 Å². The molecule has 28 heavy (non-hydrogen) atoms. The maximum atomic E-state index is 13.7. The molecule has 1 amide bonds. The third kappa shape index (κ3) is 3.40. The highest BCUT2D eigenvalue weighted by atomic mass is 19.1. The van der Waals surface area contributed by atoms with Gasteiger partial charge in [0.25, 0.3) is 5.91 Å². The maximum Gasteiger partial charge on any atom is 0.260 e. The van der Waals surface area contributed by atoms with Gasteiger partial charge in [0.1, 0.15) is 18.2 Å². The molecule has 3 heterocycles. The Hall–Kier alpha value is -2.73. The minimum Gasteiger partial charge on any atom is -0.486 e. The predicted molar refractivity (Wildman–Crippen MR) is 107 cm³/mol. The van der Waals surface area contributed by atoms with Crippen LogP contribution in [0.2, 0.25) is 0 Å². The minimum atomic E-state index is -0.381. The monoisotopic (exact) mass is 381 g/mol. The first-order chi connectivity index (χ1) is 13.6. The average Bonchev–Trinajstić information content (AvgIpc) is 3.24. The van der Waals surface area contributed by atoms with Crippen LogP contribution in [0.3, 0.4) is 0 Å². The summed E-state index contributed by atoms with van der Waals surface area (Å²) in [4.78, 5) is 19.6. The number of hydrogen-bond acceptors (Lipinski definition) is 4. The van der Waals surface area contributed by atoms with Gasteiger partial charge in [-0.1, -0.05) is 13.8 Å². The van der Waals surface area contributed by atoms with Gasteiger partial charge in [0.05, 0.1) is 11.3 Å². The first-order valence-electron chi connectivity index (χ1n) is 9.80. The first-order valence-corrected chi connectivity index (χ1v) is 9.80. The molecule has 1 aromatic heterocycles. The second-order valence-corrected chi connectivity index (χ2v) is 7.06. The Labute approximate surface area is 164 Å². The van der Waals surface area contributed by atoms with Crippen LogP contribution in [-0.2, 0) is 22.6 Å². The number of aromatic nitrogens is 1. The highest BCUT2D eigenvalue weighted by Crippen LogP contribution is 2.41. The van der Waals surface area contributed by atoms with Crippen molar-refractivity contribution in [3.05, 3.63) is 58.7 Å². The van der Waals surface area contributed by atoms with E-state index in [2.05, 4.69) is 24.1 Å². The molecule has 0 spiro atoms. The molecule has 1 N–H and O–H groups in total. The van der Waals surface area contributed by atoms with Crippen LogP contribution in [0.5, 0.6) is 0 Å². The fraction of sp³-hybridized carbons (Fsp3) is 0.364. The van der Waals surface area contributed by atoms with Crippen LogP contribution in [0.15, 0.2) is 30.3 Å². The summed E-state index contributed by atoms with van der Waals surface area (Å²) in [6.07, 6.45) is 1.96. The van der Waals surface area contributed by atoms with Gasteiger partial charge in [-0.2, -0.15) is 0 Å². The Morgan fingerprint density at radius 3 is 2.79 bits per heavy atom. The number of carbonyl (C=O) groups is 1. The Kier molecular flexibility index (Phi) is 5.13. The van der Waals surface area contributed by atoms with Gasteiger partial charge in [0.2, 0.25) is 0 Å². The normalized spacial score (nSPS) is 17.5. The fourth-order valence-electron chi connectivity index (χ4n) is 3.82. The van der Waals surface area contributed by atoms with Crippen LogP contribution in [0.1, 0.15) is 42.8 Å². The third-order valence-electron chi connectivity index (χ3n) is 5.38. The van der Waals surface area contributed by atoms with Gasteiger partial charge in [0, 0.05) is 22.5 Å². The number of anilines is 1. The van der Waals surface area contributed by atoms with Crippen molar-refractivity contribution in [2.24, 2.45) is 0 Å². The number of pyridine rings is 1. The molecule has 0 radical (unpaired) electrons. The van der Waals surface area contributed by atoms with Crippen molar-refractivity contribution in [2.75, 3.05) is 25.0 Å². The minimum absolute atomic E-state index is 0.272. The van der Waals surface area contributed by atoms with Crippen molar-refractivity contribution in [2.45, 2.75) is 33.3 Å². The summed E-state index contributed by atoms with van der Waals surface area (Å²) in [5.41, 5.74) is 4.20. The SMILES string of the molecule is CCN(CC)CCCc1ccc2c(n1)CO/C2=C1\C(=O)Nc2ccc(F)cc21. The van der Waals surface area contributed by atoms with E-state index in [-0.39, 0.29) is 11.7 Å². The van der Waals surface area contributed by atoms with E-state index in [9.17, 15) is 9.18 Å². The number of aryl methyl sites for hydroxylation is 1. The molecule has 0 bridgehead atoms. The van der Waals surface area contributed by atoms with E-state index in [1.165, 1.54) is 12.1 Å². The number of carbonyl (C=O) groups excluding carboxylic acids is 1. The van der Waals surface area contributed by atoms with E-state index in [1.807, 2.05) is 12.1 Å². The fourth-order valence-corrected chi connectivity index (χ4v) is 3.82. The molecule has 0 saturated heterocycles. The number of ether oxygens (including phenoxy) is 1. The van der Waals surface area contributed by atoms with Crippen molar-refractivity contribution in [1.82, 2.24) is 9.88 Å². The Morgan fingerprint density at radius 1 is 1.18 bits per heavy atom. The smallest absolute Gasteiger partial charge is 0.260 e. The van der Waals surface area contributed by atoms with Gasteiger partial charge in [-0.3, -0.25) is 9.78 Å². The molecule has 1 aromatic carbocycles. The van der Waals surface area contributed by atoms with Crippen molar-refractivity contribution in [3.63, 3.8) is 0 Å². The second kappa shape index (κ2) is 7.72. The zero-order valence-corrected chi connectivity index (χ0v) is 16.2.